The van der Waals surface area contributed by atoms with Gasteiger partial charge in [-0.05, 0) is 0 Å². The molecule has 71 valence electrons. The second-order valence-electron chi connectivity index (χ2n) is 2.96. The molecular weight excluding hydrogens is 237 g/mol. The van der Waals surface area contributed by atoms with Crippen LogP contribution in [-0.2, 0) is 9.59 Å². The monoisotopic (exact) mass is 249 g/mol. The van der Waals surface area contributed by atoms with Crippen LogP contribution in [0.3, 0.4) is 0 Å². The van der Waals surface area contributed by atoms with Gasteiger partial charge in [0.2, 0.25) is 0 Å². The third-order valence-electron chi connectivity index (χ3n) is 2.00. The molecule has 0 aliphatic rings. The van der Waals surface area contributed by atoms with E-state index in [0.717, 1.165) is 17.4 Å². The first-order chi connectivity index (χ1) is 6.79. The van der Waals surface area contributed by atoms with Crippen LogP contribution in [-0.4, -0.2) is 29.1 Å². The Kier molecular flexibility index (Phi) is 4.33. The molecule has 1 aromatic carbocycles. The molecule has 1 rings (SSSR count). The number of carbonyl (C=O) groups excluding carboxylic acids is 2. The van der Waals surface area contributed by atoms with Crippen molar-refractivity contribution in [3.8, 4) is 0 Å². The van der Waals surface area contributed by atoms with Gasteiger partial charge in [0.05, 0.1) is 0 Å². The number of hydrogen-bond acceptors (Lipinski definition) is 2. The van der Waals surface area contributed by atoms with Crippen LogP contribution in [0.1, 0.15) is 5.56 Å². The molecule has 0 fully saturated rings. The number of rotatable bonds is 4. The molecule has 0 amide bonds. The van der Waals surface area contributed by atoms with Crippen molar-refractivity contribution in [2.24, 2.45) is 0 Å². The summed E-state index contributed by atoms with van der Waals surface area (Å²) in [5.74, 6) is 0. The Morgan fingerprint density at radius 2 is 2.00 bits per heavy atom. The summed E-state index contributed by atoms with van der Waals surface area (Å²) in [4.78, 5) is 21.0. The fraction of sp³-hybridized carbons (Fsp3) is 0.0909. The van der Waals surface area contributed by atoms with E-state index < -0.39 is 0 Å². The molecule has 2 nitrogen and oxygen atoms in total. The zero-order chi connectivity index (χ0) is 10.4. The van der Waals surface area contributed by atoms with E-state index in [1.165, 1.54) is 6.08 Å². The van der Waals surface area contributed by atoms with Crippen molar-refractivity contribution >= 4 is 34.7 Å². The second-order valence-corrected chi connectivity index (χ2v) is 5.39. The quantitative estimate of drug-likeness (QED) is 0.442. The SMILES string of the molecule is O=[C][CH]([GeH3])C(=CC=O)c1ccccc1. The molecule has 14 heavy (non-hydrogen) atoms. The first-order valence-corrected chi connectivity index (χ1v) is 6.80. The summed E-state index contributed by atoms with van der Waals surface area (Å²) in [6, 6.07) is 9.46. The average molecular weight is 248 g/mol. The average Bonchev–Trinajstić information content (AvgIpc) is 2.26. The summed E-state index contributed by atoms with van der Waals surface area (Å²) in [6.45, 7) is 0. The van der Waals surface area contributed by atoms with E-state index in [1.807, 2.05) is 36.6 Å². The van der Waals surface area contributed by atoms with Crippen molar-refractivity contribution in [2.75, 3.05) is 0 Å². The Hall–Kier alpha value is -1.16. The van der Waals surface area contributed by atoms with Gasteiger partial charge < -0.3 is 0 Å². The molecule has 0 heterocycles. The molecule has 0 aliphatic heterocycles. The minimum atomic E-state index is -0.185. The predicted octanol–water partition coefficient (Wildman–Crippen LogP) is 0.532. The summed E-state index contributed by atoms with van der Waals surface area (Å²) < 4.78 is -0.185. The van der Waals surface area contributed by atoms with E-state index in [1.54, 1.807) is 0 Å². The van der Waals surface area contributed by atoms with Crippen molar-refractivity contribution in [3.63, 3.8) is 0 Å². The molecule has 1 atom stereocenters. The van der Waals surface area contributed by atoms with Gasteiger partial charge in [-0.2, -0.15) is 0 Å². The van der Waals surface area contributed by atoms with Crippen LogP contribution in [0.15, 0.2) is 36.4 Å². The summed E-state index contributed by atoms with van der Waals surface area (Å²) in [5.41, 5.74) is 1.72. The summed E-state index contributed by atoms with van der Waals surface area (Å²) in [7, 11) is 0. The van der Waals surface area contributed by atoms with Gasteiger partial charge in [-0.1, -0.05) is 0 Å². The third kappa shape index (κ3) is 2.67. The van der Waals surface area contributed by atoms with E-state index in [4.69, 9.17) is 0 Å². The van der Waals surface area contributed by atoms with Gasteiger partial charge in [-0.3, -0.25) is 0 Å². The maximum absolute atomic E-state index is 10.6. The summed E-state index contributed by atoms with van der Waals surface area (Å²) in [6.07, 6.45) is 4.13. The van der Waals surface area contributed by atoms with Gasteiger partial charge in [0.1, 0.15) is 0 Å². The van der Waals surface area contributed by atoms with E-state index in [2.05, 4.69) is 0 Å². The van der Waals surface area contributed by atoms with E-state index in [0.29, 0.717) is 16.5 Å². The van der Waals surface area contributed by atoms with Gasteiger partial charge in [-0.15, -0.1) is 0 Å². The van der Waals surface area contributed by atoms with Crippen LogP contribution < -0.4 is 0 Å². The van der Waals surface area contributed by atoms with Crippen LogP contribution in [0.5, 0.6) is 0 Å². The van der Waals surface area contributed by atoms with Gasteiger partial charge in [0, 0.05) is 0 Å². The van der Waals surface area contributed by atoms with Gasteiger partial charge in [-0.25, -0.2) is 0 Å². The first-order valence-electron chi connectivity index (χ1n) is 4.38. The number of aldehydes is 1. The molecule has 1 unspecified atom stereocenters. The standard InChI is InChI=1S/C11H11GeO2/c12-11(8-14)10(6-7-13)9-4-2-1-3-5-9/h1-7,11H,12H3. The molecule has 1 aromatic rings. The molecule has 1 radical (unpaired) electrons. The van der Waals surface area contributed by atoms with E-state index in [-0.39, 0.29) is 4.75 Å². The van der Waals surface area contributed by atoms with Crippen molar-refractivity contribution in [2.45, 2.75) is 4.75 Å². The van der Waals surface area contributed by atoms with Crippen molar-refractivity contribution < 1.29 is 9.59 Å². The molecule has 0 spiro atoms. The van der Waals surface area contributed by atoms with Crippen LogP contribution in [0.25, 0.3) is 5.57 Å². The predicted molar refractivity (Wildman–Crippen MR) is 59.9 cm³/mol. The number of hydrogen-bond donors (Lipinski definition) is 0. The van der Waals surface area contributed by atoms with E-state index in [9.17, 15) is 9.59 Å². The van der Waals surface area contributed by atoms with E-state index >= 15 is 0 Å². The molecule has 0 saturated heterocycles. The summed E-state index contributed by atoms with van der Waals surface area (Å²) >= 11 is 0.305. The summed E-state index contributed by atoms with van der Waals surface area (Å²) in [5, 5.41) is 0. The van der Waals surface area contributed by atoms with Crippen LogP contribution in [0.2, 0.25) is 4.75 Å². The molecule has 0 bridgehead atoms. The Labute approximate surface area is 91.2 Å². The Balaban J connectivity index is 3.07. The van der Waals surface area contributed by atoms with Crippen molar-refractivity contribution in [1.29, 1.82) is 0 Å². The van der Waals surface area contributed by atoms with Crippen molar-refractivity contribution in [1.82, 2.24) is 0 Å². The topological polar surface area (TPSA) is 34.1 Å². The normalized spacial score (nSPS) is 13.6. The van der Waals surface area contributed by atoms with Gasteiger partial charge in [0.15, 0.2) is 0 Å². The Bertz CT molecular complexity index is 344. The second kappa shape index (κ2) is 5.55. The van der Waals surface area contributed by atoms with Gasteiger partial charge >= 0.3 is 91.0 Å². The Morgan fingerprint density at radius 1 is 1.36 bits per heavy atom. The third-order valence-corrected chi connectivity index (χ3v) is 3.80. The first kappa shape index (κ1) is 10.9. The molecule has 0 aliphatic carbocycles. The molecule has 0 aromatic heterocycles. The Morgan fingerprint density at radius 3 is 2.50 bits per heavy atom. The molecule has 0 saturated carbocycles. The molecule has 0 N–H and O–H groups in total. The van der Waals surface area contributed by atoms with Crippen LogP contribution >= 0.6 is 0 Å². The number of allylic oxidation sites excluding steroid dienone is 2. The zero-order valence-corrected chi connectivity index (χ0v) is 12.1. The zero-order valence-electron chi connectivity index (χ0n) is 7.94. The molecular formula is C11H11GeO2. The number of benzene rings is 1. The maximum atomic E-state index is 10.6. The fourth-order valence-corrected chi connectivity index (χ4v) is 2.36. The van der Waals surface area contributed by atoms with Crippen molar-refractivity contribution in [3.05, 3.63) is 42.0 Å². The minimum absolute atomic E-state index is 0.185. The van der Waals surface area contributed by atoms with Crippen LogP contribution in [0.4, 0.5) is 0 Å². The van der Waals surface area contributed by atoms with Crippen LogP contribution in [0, 0.1) is 0 Å². The fourth-order valence-electron chi connectivity index (χ4n) is 1.26. The number of carbonyl (C=O) groups is 1. The molecule has 3 heteroatoms. The van der Waals surface area contributed by atoms with Gasteiger partial charge in [0.25, 0.3) is 0 Å².